The number of hydrogen-bond acceptors (Lipinski definition) is 5. The predicted molar refractivity (Wildman–Crippen MR) is 91.0 cm³/mol. The van der Waals surface area contributed by atoms with E-state index in [9.17, 15) is 0 Å². The summed E-state index contributed by atoms with van der Waals surface area (Å²) in [4.78, 5) is 4.23. The average molecular weight is 332 g/mol. The van der Waals surface area contributed by atoms with E-state index in [0.717, 1.165) is 45.0 Å². The number of aromatic nitrogens is 1. The van der Waals surface area contributed by atoms with Crippen LogP contribution in [0.4, 0.5) is 0 Å². The van der Waals surface area contributed by atoms with E-state index in [4.69, 9.17) is 14.2 Å². The molecule has 1 saturated heterocycles. The summed E-state index contributed by atoms with van der Waals surface area (Å²) in [5.41, 5.74) is 1.59. The van der Waals surface area contributed by atoms with Crippen LogP contribution in [0, 0.1) is 11.3 Å². The Labute approximate surface area is 144 Å². The summed E-state index contributed by atoms with van der Waals surface area (Å²) in [6.07, 6.45) is 10.3. The molecule has 2 saturated carbocycles. The molecule has 4 rings (SSSR count). The Morgan fingerprint density at radius 1 is 1.42 bits per heavy atom. The van der Waals surface area contributed by atoms with Crippen molar-refractivity contribution in [3.8, 4) is 5.75 Å². The molecular formula is C19H28N2O3. The normalized spacial score (nSPS) is 30.8. The van der Waals surface area contributed by atoms with Crippen LogP contribution in [-0.4, -0.2) is 44.1 Å². The maximum Gasteiger partial charge on any atom is 0.142 e. The molecule has 1 aromatic heterocycles. The van der Waals surface area contributed by atoms with Crippen LogP contribution < -0.4 is 10.1 Å². The molecule has 0 aromatic carbocycles. The van der Waals surface area contributed by atoms with E-state index >= 15 is 0 Å². The third-order valence-electron chi connectivity index (χ3n) is 6.26. The van der Waals surface area contributed by atoms with Crippen LogP contribution in [0.2, 0.25) is 0 Å². The topological polar surface area (TPSA) is 52.6 Å². The number of pyridine rings is 1. The second-order valence-corrected chi connectivity index (χ2v) is 7.50. The van der Waals surface area contributed by atoms with Crippen molar-refractivity contribution < 1.29 is 14.2 Å². The van der Waals surface area contributed by atoms with Crippen molar-refractivity contribution in [3.05, 3.63) is 24.0 Å². The molecule has 132 valence electrons. The number of hydrogen-bond donors (Lipinski definition) is 1. The Balaban J connectivity index is 1.33. The van der Waals surface area contributed by atoms with Gasteiger partial charge in [-0.25, -0.2) is 0 Å². The van der Waals surface area contributed by atoms with E-state index in [-0.39, 0.29) is 0 Å². The van der Waals surface area contributed by atoms with Crippen LogP contribution in [0.15, 0.2) is 18.5 Å². The van der Waals surface area contributed by atoms with Gasteiger partial charge < -0.3 is 19.5 Å². The largest absolute Gasteiger partial charge is 0.491 e. The van der Waals surface area contributed by atoms with Gasteiger partial charge in [-0.3, -0.25) is 4.98 Å². The van der Waals surface area contributed by atoms with Crippen molar-refractivity contribution in [2.24, 2.45) is 11.3 Å². The van der Waals surface area contributed by atoms with Crippen molar-refractivity contribution in [1.82, 2.24) is 10.3 Å². The molecule has 1 spiro atoms. The molecular weight excluding hydrogens is 304 g/mol. The van der Waals surface area contributed by atoms with Crippen LogP contribution >= 0.6 is 0 Å². The zero-order valence-corrected chi connectivity index (χ0v) is 14.5. The Hall–Kier alpha value is -1.17. The summed E-state index contributed by atoms with van der Waals surface area (Å²) in [7, 11) is 1.85. The number of ether oxygens (including phenoxy) is 3. The highest BCUT2D eigenvalue weighted by Gasteiger charge is 2.58. The fraction of sp³-hybridized carbons (Fsp3) is 0.737. The van der Waals surface area contributed by atoms with E-state index in [1.165, 1.54) is 24.8 Å². The molecule has 3 fully saturated rings. The first-order valence-electron chi connectivity index (χ1n) is 9.21. The van der Waals surface area contributed by atoms with Crippen molar-refractivity contribution in [2.75, 3.05) is 26.9 Å². The molecule has 0 radical (unpaired) electrons. The zero-order chi connectivity index (χ0) is 16.4. The summed E-state index contributed by atoms with van der Waals surface area (Å²) >= 11 is 0. The summed E-state index contributed by atoms with van der Waals surface area (Å²) in [6, 6.07) is 2.63. The highest BCUT2D eigenvalue weighted by molar-refractivity contribution is 5.30. The first-order chi connectivity index (χ1) is 11.8. The predicted octanol–water partition coefficient (Wildman–Crippen LogP) is 2.54. The number of methoxy groups -OCH3 is 1. The van der Waals surface area contributed by atoms with E-state index in [0.29, 0.717) is 23.5 Å². The van der Waals surface area contributed by atoms with Gasteiger partial charge in [0, 0.05) is 49.4 Å². The van der Waals surface area contributed by atoms with Crippen molar-refractivity contribution in [1.29, 1.82) is 0 Å². The highest BCUT2D eigenvalue weighted by Crippen LogP contribution is 2.57. The monoisotopic (exact) mass is 332 g/mol. The van der Waals surface area contributed by atoms with Gasteiger partial charge in [0.25, 0.3) is 0 Å². The summed E-state index contributed by atoms with van der Waals surface area (Å²) < 4.78 is 17.1. The van der Waals surface area contributed by atoms with Gasteiger partial charge in [0.05, 0.1) is 25.5 Å². The number of rotatable bonds is 7. The van der Waals surface area contributed by atoms with Gasteiger partial charge in [0.2, 0.25) is 0 Å². The number of nitrogens with zero attached hydrogens (tertiary/aromatic N) is 1. The molecule has 1 N–H and O–H groups in total. The van der Waals surface area contributed by atoms with Crippen LogP contribution in [-0.2, 0) is 16.0 Å². The lowest BCUT2D eigenvalue weighted by molar-refractivity contribution is -0.162. The lowest BCUT2D eigenvalue weighted by Gasteiger charge is -2.61. The van der Waals surface area contributed by atoms with Gasteiger partial charge >= 0.3 is 0 Å². The second-order valence-electron chi connectivity index (χ2n) is 7.50. The Kier molecular flexibility index (Phi) is 4.74. The Bertz CT molecular complexity index is 555. The van der Waals surface area contributed by atoms with Crippen LogP contribution in [0.3, 0.4) is 0 Å². The van der Waals surface area contributed by atoms with Crippen molar-refractivity contribution in [2.45, 2.75) is 50.8 Å². The molecule has 0 bridgehead atoms. The lowest BCUT2D eigenvalue weighted by atomic mass is 9.51. The van der Waals surface area contributed by atoms with E-state index in [1.807, 2.05) is 19.5 Å². The fourth-order valence-electron chi connectivity index (χ4n) is 4.46. The van der Waals surface area contributed by atoms with Gasteiger partial charge in [-0.05, 0) is 31.7 Å². The molecule has 24 heavy (non-hydrogen) atoms. The molecule has 5 nitrogen and oxygen atoms in total. The molecule has 3 atom stereocenters. The summed E-state index contributed by atoms with van der Waals surface area (Å²) in [5.74, 6) is 1.42. The third-order valence-corrected chi connectivity index (χ3v) is 6.26. The first kappa shape index (κ1) is 16.3. The molecule has 5 heteroatoms. The minimum atomic E-state index is 0.393. The minimum absolute atomic E-state index is 0.393. The maximum absolute atomic E-state index is 6.03. The second kappa shape index (κ2) is 6.98. The van der Waals surface area contributed by atoms with Gasteiger partial charge in [-0.2, -0.15) is 0 Å². The molecule has 1 aromatic rings. The lowest BCUT2D eigenvalue weighted by Crippen LogP contribution is -2.66. The van der Waals surface area contributed by atoms with Crippen LogP contribution in [0.5, 0.6) is 5.75 Å². The SMILES string of the molecule is COC1CC(NCc2ccncc2OCC2CCOC2)C12CCC2. The molecule has 2 aliphatic carbocycles. The quantitative estimate of drug-likeness (QED) is 0.831. The molecule has 3 aliphatic rings. The summed E-state index contributed by atoms with van der Waals surface area (Å²) in [5, 5.41) is 3.75. The third kappa shape index (κ3) is 2.93. The van der Waals surface area contributed by atoms with Crippen LogP contribution in [0.25, 0.3) is 0 Å². The number of nitrogens with one attached hydrogen (secondary N) is 1. The van der Waals surface area contributed by atoms with Crippen LogP contribution in [0.1, 0.15) is 37.7 Å². The van der Waals surface area contributed by atoms with Crippen molar-refractivity contribution in [3.63, 3.8) is 0 Å². The molecule has 0 amide bonds. The van der Waals surface area contributed by atoms with E-state index in [2.05, 4.69) is 16.4 Å². The minimum Gasteiger partial charge on any atom is -0.491 e. The Morgan fingerprint density at radius 2 is 2.33 bits per heavy atom. The zero-order valence-electron chi connectivity index (χ0n) is 14.5. The van der Waals surface area contributed by atoms with Gasteiger partial charge in [0.15, 0.2) is 0 Å². The molecule has 3 unspecified atom stereocenters. The maximum atomic E-state index is 6.03. The van der Waals surface area contributed by atoms with Gasteiger partial charge in [-0.15, -0.1) is 0 Å². The van der Waals surface area contributed by atoms with Gasteiger partial charge in [-0.1, -0.05) is 6.42 Å². The standard InChI is InChI=1S/C19H28N2O3/c1-22-18-9-17(19(18)5-2-6-19)21-10-15-3-7-20-11-16(15)24-13-14-4-8-23-12-14/h3,7,11,14,17-18,21H,2,4-6,8-10,12-13H2,1H3. The average Bonchev–Trinajstić information content (AvgIpc) is 3.05. The fourth-order valence-corrected chi connectivity index (χ4v) is 4.46. The van der Waals surface area contributed by atoms with Crippen molar-refractivity contribution >= 4 is 0 Å². The van der Waals surface area contributed by atoms with Gasteiger partial charge in [0.1, 0.15) is 5.75 Å². The summed E-state index contributed by atoms with van der Waals surface area (Å²) in [6.45, 7) is 3.23. The molecule has 1 aliphatic heterocycles. The molecule has 2 heterocycles. The first-order valence-corrected chi connectivity index (χ1v) is 9.21. The smallest absolute Gasteiger partial charge is 0.142 e. The Morgan fingerprint density at radius 3 is 3.04 bits per heavy atom. The van der Waals surface area contributed by atoms with E-state index < -0.39 is 0 Å². The van der Waals surface area contributed by atoms with E-state index in [1.54, 1.807) is 0 Å². The highest BCUT2D eigenvalue weighted by atomic mass is 16.5.